The first kappa shape index (κ1) is 15.6. The zero-order chi connectivity index (χ0) is 17.6. The summed E-state index contributed by atoms with van der Waals surface area (Å²) in [7, 11) is 0. The fourth-order valence-electron chi connectivity index (χ4n) is 3.14. The minimum absolute atomic E-state index is 0.0489. The largest absolute Gasteiger partial charge is 0.508 e. The van der Waals surface area contributed by atoms with Crippen molar-refractivity contribution in [3.63, 3.8) is 0 Å². The lowest BCUT2D eigenvalue weighted by atomic mass is 10.0. The third-order valence-electron chi connectivity index (χ3n) is 4.54. The lowest BCUT2D eigenvalue weighted by Gasteiger charge is -2.37. The molecule has 0 spiro atoms. The van der Waals surface area contributed by atoms with Gasteiger partial charge in [-0.05, 0) is 36.8 Å². The molecule has 3 heterocycles. The lowest BCUT2D eigenvalue weighted by Crippen LogP contribution is -2.57. The van der Waals surface area contributed by atoms with Crippen LogP contribution in [-0.2, 0) is 6.42 Å². The molecule has 0 saturated carbocycles. The summed E-state index contributed by atoms with van der Waals surface area (Å²) < 4.78 is 0. The van der Waals surface area contributed by atoms with E-state index in [-0.39, 0.29) is 17.7 Å². The molecule has 4 rings (SSSR count). The molecule has 7 heteroatoms. The number of fused-ring (bicyclic) bond motifs is 1. The van der Waals surface area contributed by atoms with Crippen molar-refractivity contribution in [3.05, 3.63) is 41.6 Å². The third kappa shape index (κ3) is 2.62. The summed E-state index contributed by atoms with van der Waals surface area (Å²) in [6.07, 6.45) is 0.733. The Morgan fingerprint density at radius 1 is 1.36 bits per heavy atom. The average molecular weight is 337 g/mol. The number of benzene rings is 1. The van der Waals surface area contributed by atoms with Crippen LogP contribution in [0.2, 0.25) is 0 Å². The Hall–Kier alpha value is -2.93. The highest BCUT2D eigenvalue weighted by atomic mass is 16.3. The van der Waals surface area contributed by atoms with E-state index in [1.807, 2.05) is 6.92 Å². The Labute approximate surface area is 144 Å². The molecule has 0 radical (unpaired) electrons. The number of nitrogens with two attached hydrogens (primary N) is 1. The number of aromatic hydroxyl groups is 1. The molecule has 1 fully saturated rings. The minimum atomic E-state index is -0.0507. The van der Waals surface area contributed by atoms with Gasteiger partial charge in [-0.1, -0.05) is 6.92 Å². The Kier molecular flexibility index (Phi) is 3.65. The monoisotopic (exact) mass is 337 g/mol. The van der Waals surface area contributed by atoms with Gasteiger partial charge in [0.1, 0.15) is 5.75 Å². The number of likely N-dealkylation sites (tertiary alicyclic amines) is 1. The van der Waals surface area contributed by atoms with Crippen LogP contribution in [-0.4, -0.2) is 50.2 Å². The Morgan fingerprint density at radius 3 is 2.72 bits per heavy atom. The van der Waals surface area contributed by atoms with Gasteiger partial charge >= 0.3 is 0 Å². The molecule has 128 valence electrons. The van der Waals surface area contributed by atoms with E-state index in [0.717, 1.165) is 23.1 Å². The summed E-state index contributed by atoms with van der Waals surface area (Å²) in [4.78, 5) is 19.3. The van der Waals surface area contributed by atoms with Gasteiger partial charge in [0.25, 0.3) is 5.91 Å². The number of hydrogen-bond acceptors (Lipinski definition) is 5. The van der Waals surface area contributed by atoms with Gasteiger partial charge in [-0.3, -0.25) is 9.89 Å². The number of H-pyrrole nitrogens is 1. The number of aryl methyl sites for hydroxylation is 1. The van der Waals surface area contributed by atoms with E-state index in [0.29, 0.717) is 30.0 Å². The maximum absolute atomic E-state index is 13.0. The van der Waals surface area contributed by atoms with Crippen molar-refractivity contribution < 1.29 is 9.90 Å². The van der Waals surface area contributed by atoms with Gasteiger partial charge in [0, 0.05) is 30.4 Å². The highest BCUT2D eigenvalue weighted by Gasteiger charge is 2.30. The first-order chi connectivity index (χ1) is 12.1. The maximum atomic E-state index is 13.0. The number of amides is 1. The number of rotatable bonds is 3. The molecule has 1 saturated heterocycles. The van der Waals surface area contributed by atoms with E-state index in [2.05, 4.69) is 15.2 Å². The number of aromatic amines is 1. The second-order valence-corrected chi connectivity index (χ2v) is 6.33. The Morgan fingerprint density at radius 2 is 2.08 bits per heavy atom. The highest BCUT2D eigenvalue weighted by Crippen LogP contribution is 2.29. The van der Waals surface area contributed by atoms with Crippen molar-refractivity contribution in [1.29, 1.82) is 0 Å². The van der Waals surface area contributed by atoms with Crippen molar-refractivity contribution in [1.82, 2.24) is 20.1 Å². The number of nitrogens with zero attached hydrogens (tertiary/aromatic N) is 3. The zero-order valence-electron chi connectivity index (χ0n) is 13.9. The first-order valence-electron chi connectivity index (χ1n) is 8.29. The van der Waals surface area contributed by atoms with Crippen LogP contribution in [0.15, 0.2) is 30.3 Å². The first-order valence-corrected chi connectivity index (χ1v) is 8.29. The number of phenols is 1. The molecule has 1 aliphatic rings. The average Bonchev–Trinajstić information content (AvgIpc) is 3.01. The van der Waals surface area contributed by atoms with Crippen LogP contribution in [0.5, 0.6) is 5.75 Å². The molecular formula is C18H19N5O2. The maximum Gasteiger partial charge on any atom is 0.254 e. The molecule has 25 heavy (non-hydrogen) atoms. The summed E-state index contributed by atoms with van der Waals surface area (Å²) in [5, 5.41) is 17.5. The third-order valence-corrected chi connectivity index (χ3v) is 4.54. The van der Waals surface area contributed by atoms with Gasteiger partial charge in [-0.2, -0.15) is 5.10 Å². The second-order valence-electron chi connectivity index (χ2n) is 6.33. The van der Waals surface area contributed by atoms with Crippen LogP contribution in [0, 0.1) is 0 Å². The predicted molar refractivity (Wildman–Crippen MR) is 94.2 cm³/mol. The molecule has 0 aliphatic carbocycles. The van der Waals surface area contributed by atoms with Crippen LogP contribution in [0.3, 0.4) is 0 Å². The smallest absolute Gasteiger partial charge is 0.254 e. The summed E-state index contributed by atoms with van der Waals surface area (Å²) in [5.74, 6) is 0.133. The molecular weight excluding hydrogens is 318 g/mol. The van der Waals surface area contributed by atoms with Gasteiger partial charge in [0.15, 0.2) is 5.65 Å². The number of aromatic nitrogens is 3. The molecule has 1 aliphatic heterocycles. The molecule has 0 bridgehead atoms. The van der Waals surface area contributed by atoms with E-state index in [1.165, 1.54) is 0 Å². The minimum Gasteiger partial charge on any atom is -0.508 e. The van der Waals surface area contributed by atoms with Crippen molar-refractivity contribution in [2.24, 2.45) is 5.73 Å². The standard InChI is InChI=1S/C18H19N5O2/c1-2-14-16-13(18(25)23-8-11(19)9-23)7-15(20-17(16)22-21-14)10-3-5-12(24)6-4-10/h3-7,11,24H,2,8-9,19H2,1H3,(H,20,21,22). The fourth-order valence-corrected chi connectivity index (χ4v) is 3.14. The van der Waals surface area contributed by atoms with Gasteiger partial charge in [-0.15, -0.1) is 0 Å². The van der Waals surface area contributed by atoms with Gasteiger partial charge < -0.3 is 15.7 Å². The van der Waals surface area contributed by atoms with Crippen molar-refractivity contribution >= 4 is 16.9 Å². The van der Waals surface area contributed by atoms with E-state index in [1.54, 1.807) is 35.2 Å². The van der Waals surface area contributed by atoms with Crippen molar-refractivity contribution in [2.75, 3.05) is 13.1 Å². The van der Waals surface area contributed by atoms with Crippen LogP contribution < -0.4 is 5.73 Å². The lowest BCUT2D eigenvalue weighted by molar-refractivity contribution is 0.0610. The van der Waals surface area contributed by atoms with E-state index >= 15 is 0 Å². The fraction of sp³-hybridized carbons (Fsp3) is 0.278. The van der Waals surface area contributed by atoms with Crippen LogP contribution in [0.25, 0.3) is 22.3 Å². The highest BCUT2D eigenvalue weighted by molar-refractivity contribution is 6.07. The molecule has 2 aromatic heterocycles. The normalized spacial score (nSPS) is 14.7. The van der Waals surface area contributed by atoms with Crippen LogP contribution in [0.4, 0.5) is 0 Å². The summed E-state index contributed by atoms with van der Waals surface area (Å²) in [6.45, 7) is 3.14. The Balaban J connectivity index is 1.86. The van der Waals surface area contributed by atoms with Gasteiger partial charge in [0.05, 0.1) is 16.6 Å². The number of nitrogens with one attached hydrogen (secondary N) is 1. The summed E-state index contributed by atoms with van der Waals surface area (Å²) in [6, 6.07) is 8.58. The number of carbonyl (C=O) groups excluding carboxylic acids is 1. The molecule has 0 atom stereocenters. The van der Waals surface area contributed by atoms with Gasteiger partial charge in [-0.25, -0.2) is 4.98 Å². The Bertz CT molecular complexity index is 942. The molecule has 1 amide bonds. The quantitative estimate of drug-likeness (QED) is 0.674. The van der Waals surface area contributed by atoms with Crippen molar-refractivity contribution in [2.45, 2.75) is 19.4 Å². The van der Waals surface area contributed by atoms with E-state index < -0.39 is 0 Å². The topological polar surface area (TPSA) is 108 Å². The van der Waals surface area contributed by atoms with Gasteiger partial charge in [0.2, 0.25) is 0 Å². The predicted octanol–water partition coefficient (Wildman–Crippen LogP) is 1.68. The summed E-state index contributed by atoms with van der Waals surface area (Å²) in [5.41, 5.74) is 9.29. The SMILES string of the molecule is CCc1[nH]nc2nc(-c3ccc(O)cc3)cc(C(=O)N3CC(N)C3)c12. The molecule has 0 unspecified atom stereocenters. The van der Waals surface area contributed by atoms with Crippen molar-refractivity contribution in [3.8, 4) is 17.0 Å². The van der Waals surface area contributed by atoms with Crippen LogP contribution in [0.1, 0.15) is 23.0 Å². The van der Waals surface area contributed by atoms with E-state index in [4.69, 9.17) is 5.73 Å². The summed E-state index contributed by atoms with van der Waals surface area (Å²) >= 11 is 0. The number of phenolic OH excluding ortho intramolecular Hbond substituents is 1. The second kappa shape index (κ2) is 5.86. The molecule has 3 aromatic rings. The zero-order valence-corrected chi connectivity index (χ0v) is 13.9. The van der Waals surface area contributed by atoms with Crippen LogP contribution >= 0.6 is 0 Å². The molecule has 7 nitrogen and oxygen atoms in total. The number of carbonyl (C=O) groups is 1. The molecule has 1 aromatic carbocycles. The van der Waals surface area contributed by atoms with E-state index in [9.17, 15) is 9.90 Å². The molecule has 4 N–H and O–H groups in total. The number of pyridine rings is 1. The number of hydrogen-bond donors (Lipinski definition) is 3.